The van der Waals surface area contributed by atoms with E-state index >= 15 is 0 Å². The van der Waals surface area contributed by atoms with Crippen LogP contribution in [-0.4, -0.2) is 23.7 Å². The Morgan fingerprint density at radius 1 is 0.281 bits per heavy atom. The normalized spacial score (nSPS) is 12.6. The van der Waals surface area contributed by atoms with E-state index in [2.05, 4.69) is 189 Å². The van der Waals surface area contributed by atoms with Crippen LogP contribution in [0.4, 0.5) is 0 Å². The van der Waals surface area contributed by atoms with Gasteiger partial charge in [-0.1, -0.05) is 140 Å². The number of hydrogen-bond donors (Lipinski definition) is 0. The lowest BCUT2D eigenvalue weighted by molar-refractivity contribution is 0.930. The summed E-state index contributed by atoms with van der Waals surface area (Å²) in [5.74, 6) is 1.64. The third-order valence-corrected chi connectivity index (χ3v) is 12.6. The van der Waals surface area contributed by atoms with Crippen molar-refractivity contribution in [2.45, 2.75) is 0 Å². The van der Waals surface area contributed by atoms with E-state index in [4.69, 9.17) is 10.2 Å². The van der Waals surface area contributed by atoms with Gasteiger partial charge in [0.2, 0.25) is 0 Å². The summed E-state index contributed by atoms with van der Waals surface area (Å²) in [6, 6.07) is 63.9. The van der Waals surface area contributed by atoms with Crippen molar-refractivity contribution in [3.05, 3.63) is 176 Å². The number of para-hydroxylation sites is 3. The van der Waals surface area contributed by atoms with Gasteiger partial charge >= 0.3 is 0 Å². The molecule has 0 unspecified atom stereocenters. The van der Waals surface area contributed by atoms with E-state index in [9.17, 15) is 0 Å². The fourth-order valence-corrected chi connectivity index (χ4v) is 10.4. The molecule has 5 aromatic heterocycles. The maximum absolute atomic E-state index is 5.30. The van der Waals surface area contributed by atoms with Crippen molar-refractivity contribution in [1.82, 2.24) is 23.7 Å². The van der Waals surface area contributed by atoms with Gasteiger partial charge in [0, 0.05) is 53.9 Å². The third-order valence-electron chi connectivity index (χ3n) is 12.6. The molecule has 0 radical (unpaired) electrons. The van der Waals surface area contributed by atoms with Gasteiger partial charge in [-0.2, -0.15) is 0 Å². The monoisotopic (exact) mass is 723 g/mol. The highest BCUT2D eigenvalue weighted by Crippen LogP contribution is 2.48. The summed E-state index contributed by atoms with van der Waals surface area (Å²) in [6.45, 7) is 0. The predicted octanol–water partition coefficient (Wildman–Crippen LogP) is 13.3. The molecular formula is C52H29N5. The first-order valence-corrected chi connectivity index (χ1v) is 19.5. The Labute approximate surface area is 324 Å². The van der Waals surface area contributed by atoms with Gasteiger partial charge < -0.3 is 4.40 Å². The number of benzene rings is 9. The minimum Gasteiger partial charge on any atom is -0.308 e. The van der Waals surface area contributed by atoms with Gasteiger partial charge in [0.15, 0.2) is 11.6 Å². The Balaban J connectivity index is 1.17. The lowest BCUT2D eigenvalue weighted by atomic mass is 9.99. The zero-order chi connectivity index (χ0) is 36.9. The van der Waals surface area contributed by atoms with Crippen LogP contribution in [0.5, 0.6) is 0 Å². The average molecular weight is 724 g/mol. The van der Waals surface area contributed by atoms with Crippen molar-refractivity contribution in [3.8, 4) is 11.6 Å². The zero-order valence-corrected chi connectivity index (χ0v) is 30.5. The number of rotatable bonds is 2. The molecule has 9 aromatic carbocycles. The summed E-state index contributed by atoms with van der Waals surface area (Å²) in [5.41, 5.74) is 8.16. The summed E-state index contributed by atoms with van der Waals surface area (Å²) in [5, 5.41) is 27.4. The smallest absolute Gasteiger partial charge is 0.168 e. The van der Waals surface area contributed by atoms with Crippen molar-refractivity contribution in [2.75, 3.05) is 0 Å². The number of nitrogens with zero attached hydrogens (tertiary/aromatic N) is 5. The number of aromatic nitrogens is 5. The highest BCUT2D eigenvalue weighted by molar-refractivity contribution is 6.37. The molecule has 0 bridgehead atoms. The maximum atomic E-state index is 5.30. The van der Waals surface area contributed by atoms with Gasteiger partial charge in [-0.15, -0.1) is 10.2 Å². The van der Waals surface area contributed by atoms with Crippen molar-refractivity contribution in [3.63, 3.8) is 0 Å². The molecular weight excluding hydrogens is 695 g/mol. The largest absolute Gasteiger partial charge is 0.308 e. The first kappa shape index (κ1) is 29.6. The van der Waals surface area contributed by atoms with Crippen LogP contribution in [0.15, 0.2) is 176 Å². The minimum atomic E-state index is 0.818. The van der Waals surface area contributed by atoms with Gasteiger partial charge in [0.1, 0.15) is 0 Å². The number of fused-ring (bicyclic) bond motifs is 18. The first-order chi connectivity index (χ1) is 28.3. The second-order valence-corrected chi connectivity index (χ2v) is 15.4. The molecule has 0 N–H and O–H groups in total. The fraction of sp³-hybridized carbons (Fsp3) is 0. The highest BCUT2D eigenvalue weighted by atomic mass is 15.3. The molecule has 0 fully saturated rings. The van der Waals surface area contributed by atoms with Crippen LogP contribution >= 0.6 is 0 Å². The Morgan fingerprint density at radius 3 is 1.44 bits per heavy atom. The van der Waals surface area contributed by atoms with Crippen LogP contribution in [-0.2, 0) is 0 Å². The van der Waals surface area contributed by atoms with E-state index in [0.717, 1.165) is 44.5 Å². The van der Waals surface area contributed by atoms with Gasteiger partial charge in [0.25, 0.3) is 0 Å². The second-order valence-electron chi connectivity index (χ2n) is 15.4. The van der Waals surface area contributed by atoms with Crippen LogP contribution in [0.1, 0.15) is 0 Å². The molecule has 14 rings (SSSR count). The molecule has 0 aliphatic carbocycles. The standard InChI is InChI=1S/C52H29N5/c1-3-15-32-30(13-1)25-27-44-46(32)38-21-9-12-24-43(38)56(44)51-36-19-5-6-20-37(36)52(54-53-51)57-42-23-11-8-18-35(42)40-29-39-34-17-7-10-22-41(34)55-45-28-26-31-14-2-4-16-33(31)47(45)48(49(39)55)50(40)57/h1-29H. The van der Waals surface area contributed by atoms with Crippen molar-refractivity contribution < 1.29 is 0 Å². The molecule has 0 amide bonds. The molecule has 0 aliphatic heterocycles. The van der Waals surface area contributed by atoms with Crippen LogP contribution in [0.3, 0.4) is 0 Å². The summed E-state index contributed by atoms with van der Waals surface area (Å²) in [4.78, 5) is 0. The zero-order valence-electron chi connectivity index (χ0n) is 30.5. The molecule has 57 heavy (non-hydrogen) atoms. The summed E-state index contributed by atoms with van der Waals surface area (Å²) in [6.07, 6.45) is 0. The quantitative estimate of drug-likeness (QED) is 0.178. The Kier molecular flexibility index (Phi) is 5.45. The fourth-order valence-electron chi connectivity index (χ4n) is 10.4. The van der Waals surface area contributed by atoms with E-state index in [0.29, 0.717) is 0 Å². The van der Waals surface area contributed by atoms with Crippen LogP contribution in [0.25, 0.3) is 126 Å². The molecule has 262 valence electrons. The summed E-state index contributed by atoms with van der Waals surface area (Å²) in [7, 11) is 0. The molecule has 0 saturated carbocycles. The minimum absolute atomic E-state index is 0.818. The molecule has 0 spiro atoms. The molecule has 0 atom stereocenters. The van der Waals surface area contributed by atoms with E-state index in [1.807, 2.05) is 0 Å². The van der Waals surface area contributed by atoms with Gasteiger partial charge in [-0.25, -0.2) is 0 Å². The SMILES string of the molecule is c1ccc2c(c1)ccc1c2c2ccccc2n1-c1nnc(-n2c3ccccc3c3cc4c5ccccc5n5c6ccc7ccccc7c6c(c32)c45)c2ccccc12. The highest BCUT2D eigenvalue weighted by Gasteiger charge is 2.27. The van der Waals surface area contributed by atoms with Crippen molar-refractivity contribution in [2.24, 2.45) is 0 Å². The number of hydrogen-bond acceptors (Lipinski definition) is 2. The summed E-state index contributed by atoms with van der Waals surface area (Å²) < 4.78 is 7.20. The lowest BCUT2D eigenvalue weighted by Crippen LogP contribution is -2.06. The van der Waals surface area contributed by atoms with Gasteiger partial charge in [-0.05, 0) is 57.9 Å². The van der Waals surface area contributed by atoms with E-state index in [1.54, 1.807) is 0 Å². The first-order valence-electron chi connectivity index (χ1n) is 19.5. The molecule has 5 heteroatoms. The average Bonchev–Trinajstić information content (AvgIpc) is 4.00. The summed E-state index contributed by atoms with van der Waals surface area (Å²) >= 11 is 0. The molecule has 5 nitrogen and oxygen atoms in total. The predicted molar refractivity (Wildman–Crippen MR) is 238 cm³/mol. The maximum Gasteiger partial charge on any atom is 0.168 e. The van der Waals surface area contributed by atoms with Crippen molar-refractivity contribution in [1.29, 1.82) is 0 Å². The lowest BCUT2D eigenvalue weighted by Gasteiger charge is -2.15. The van der Waals surface area contributed by atoms with Gasteiger partial charge in [-0.3, -0.25) is 9.13 Å². The molecule has 0 saturated heterocycles. The Morgan fingerprint density at radius 2 is 0.754 bits per heavy atom. The van der Waals surface area contributed by atoms with Gasteiger partial charge in [0.05, 0.1) is 38.6 Å². The van der Waals surface area contributed by atoms with E-state index in [-0.39, 0.29) is 0 Å². The molecule has 0 aliphatic rings. The van der Waals surface area contributed by atoms with Crippen LogP contribution < -0.4 is 0 Å². The third kappa shape index (κ3) is 3.60. The second kappa shape index (κ2) is 10.5. The van der Waals surface area contributed by atoms with E-state index < -0.39 is 0 Å². The molecule has 5 heterocycles. The van der Waals surface area contributed by atoms with Crippen LogP contribution in [0, 0.1) is 0 Å². The van der Waals surface area contributed by atoms with Crippen LogP contribution in [0.2, 0.25) is 0 Å². The molecule has 14 aromatic rings. The van der Waals surface area contributed by atoms with E-state index in [1.165, 1.54) is 81.2 Å². The Bertz CT molecular complexity index is 4050. The topological polar surface area (TPSA) is 40.0 Å². The van der Waals surface area contributed by atoms with Crippen molar-refractivity contribution >= 4 is 114 Å². The Hall–Kier alpha value is -7.76.